The van der Waals surface area contributed by atoms with Gasteiger partial charge in [0, 0.05) is 18.2 Å². The zero-order chi connectivity index (χ0) is 19.4. The Hall–Kier alpha value is -1.77. The zero-order valence-electron chi connectivity index (χ0n) is 14.1. The van der Waals surface area contributed by atoms with Crippen molar-refractivity contribution in [2.75, 3.05) is 19.6 Å². The van der Waals surface area contributed by atoms with Gasteiger partial charge < -0.3 is 5.32 Å². The number of alkyl halides is 6. The predicted molar refractivity (Wildman–Crippen MR) is 81.2 cm³/mol. The Morgan fingerprint density at radius 2 is 1.44 bits per heavy atom. The molecule has 0 radical (unpaired) electrons. The van der Waals surface area contributed by atoms with Crippen LogP contribution in [0.25, 0.3) is 0 Å². The van der Waals surface area contributed by atoms with Crippen LogP contribution in [0.4, 0.5) is 26.3 Å². The van der Waals surface area contributed by atoms with Gasteiger partial charge in [-0.2, -0.15) is 26.3 Å². The van der Waals surface area contributed by atoms with Crippen molar-refractivity contribution in [3.05, 3.63) is 34.9 Å². The van der Waals surface area contributed by atoms with Crippen LogP contribution in [-0.2, 0) is 12.4 Å². The van der Waals surface area contributed by atoms with Gasteiger partial charge in [0.1, 0.15) is 0 Å². The van der Waals surface area contributed by atoms with Crippen molar-refractivity contribution in [3.63, 3.8) is 0 Å². The highest BCUT2D eigenvalue weighted by Crippen LogP contribution is 2.36. The average Bonchev–Trinajstić information content (AvgIpc) is 2.51. The first-order valence-corrected chi connectivity index (χ1v) is 7.71. The van der Waals surface area contributed by atoms with Crippen LogP contribution >= 0.6 is 0 Å². The molecule has 0 bridgehead atoms. The average molecular weight is 370 g/mol. The van der Waals surface area contributed by atoms with Gasteiger partial charge in [0.2, 0.25) is 0 Å². The number of nitrogens with zero attached hydrogens (tertiary/aromatic N) is 1. The lowest BCUT2D eigenvalue weighted by Crippen LogP contribution is -2.42. The summed E-state index contributed by atoms with van der Waals surface area (Å²) in [5, 5.41) is 2.39. The van der Waals surface area contributed by atoms with Gasteiger partial charge in [-0.25, -0.2) is 0 Å². The molecule has 0 aliphatic heterocycles. The van der Waals surface area contributed by atoms with E-state index in [0.29, 0.717) is 25.2 Å². The van der Waals surface area contributed by atoms with Crippen LogP contribution in [0.1, 0.15) is 42.3 Å². The standard InChI is InChI=1S/C16H20F6N2O/c1-4-24(5-2)10(3)9-23-14(25)11-6-12(15(17,18)19)8-13(7-11)16(20,21)22/h6-8,10H,4-5,9H2,1-3H3,(H,23,25). The number of carbonyl (C=O) groups excluding carboxylic acids is 1. The number of halogens is 6. The Morgan fingerprint density at radius 1 is 1.00 bits per heavy atom. The SMILES string of the molecule is CCN(CC)C(C)CNC(=O)c1cc(C(F)(F)F)cc(C(F)(F)F)c1. The largest absolute Gasteiger partial charge is 0.416 e. The summed E-state index contributed by atoms with van der Waals surface area (Å²) < 4.78 is 76.8. The van der Waals surface area contributed by atoms with Gasteiger partial charge in [0.15, 0.2) is 0 Å². The molecule has 1 aromatic carbocycles. The minimum atomic E-state index is -4.98. The van der Waals surface area contributed by atoms with Crippen molar-refractivity contribution in [1.29, 1.82) is 0 Å². The molecule has 3 nitrogen and oxygen atoms in total. The molecule has 0 spiro atoms. The Balaban J connectivity index is 3.05. The van der Waals surface area contributed by atoms with Crippen LogP contribution in [0, 0.1) is 0 Å². The predicted octanol–water partition coefficient (Wildman–Crippen LogP) is 4.18. The van der Waals surface area contributed by atoms with E-state index in [9.17, 15) is 31.1 Å². The Bertz CT molecular complexity index is 561. The molecule has 0 aromatic heterocycles. The van der Waals surface area contributed by atoms with E-state index in [1.165, 1.54) is 0 Å². The van der Waals surface area contributed by atoms with E-state index >= 15 is 0 Å². The quantitative estimate of drug-likeness (QED) is 0.762. The molecule has 0 saturated carbocycles. The maximum atomic E-state index is 12.8. The normalized spacial score (nSPS) is 13.8. The summed E-state index contributed by atoms with van der Waals surface area (Å²) in [6.45, 7) is 7.14. The van der Waals surface area contributed by atoms with Crippen LogP contribution in [-0.4, -0.2) is 36.5 Å². The molecule has 0 aliphatic carbocycles. The van der Waals surface area contributed by atoms with E-state index in [1.54, 1.807) is 6.92 Å². The summed E-state index contributed by atoms with van der Waals surface area (Å²) in [7, 11) is 0. The van der Waals surface area contributed by atoms with Crippen molar-refractivity contribution < 1.29 is 31.1 Å². The molecule has 142 valence electrons. The molecule has 0 fully saturated rings. The van der Waals surface area contributed by atoms with Crippen LogP contribution in [0.3, 0.4) is 0 Å². The lowest BCUT2D eigenvalue weighted by molar-refractivity contribution is -0.143. The van der Waals surface area contributed by atoms with E-state index in [-0.39, 0.29) is 18.7 Å². The molecule has 1 atom stereocenters. The third-order valence-electron chi connectivity index (χ3n) is 3.84. The minimum Gasteiger partial charge on any atom is -0.350 e. The van der Waals surface area contributed by atoms with Gasteiger partial charge in [-0.3, -0.25) is 9.69 Å². The first-order valence-electron chi connectivity index (χ1n) is 7.71. The van der Waals surface area contributed by atoms with E-state index in [4.69, 9.17) is 0 Å². The minimum absolute atomic E-state index is 0.00466. The molecule has 9 heteroatoms. The fraction of sp³-hybridized carbons (Fsp3) is 0.562. The number of nitrogens with one attached hydrogen (secondary N) is 1. The highest BCUT2D eigenvalue weighted by Gasteiger charge is 2.37. The van der Waals surface area contributed by atoms with Crippen molar-refractivity contribution in [2.45, 2.75) is 39.2 Å². The molecular weight excluding hydrogens is 350 g/mol. The second kappa shape index (κ2) is 8.07. The second-order valence-electron chi connectivity index (χ2n) is 5.57. The van der Waals surface area contributed by atoms with Gasteiger partial charge in [-0.05, 0) is 38.2 Å². The lowest BCUT2D eigenvalue weighted by atomic mass is 10.0. The number of likely N-dealkylation sites (N-methyl/N-ethyl adjacent to an activating group) is 1. The summed E-state index contributed by atoms with van der Waals surface area (Å²) in [5.41, 5.74) is -3.69. The molecule has 1 rings (SSSR count). The third kappa shape index (κ3) is 5.91. The van der Waals surface area contributed by atoms with Gasteiger partial charge in [-0.1, -0.05) is 13.8 Å². The fourth-order valence-electron chi connectivity index (χ4n) is 2.40. The summed E-state index contributed by atoms with van der Waals surface area (Å²) in [4.78, 5) is 14.0. The summed E-state index contributed by atoms with van der Waals surface area (Å²) in [5.74, 6) is -0.976. The summed E-state index contributed by atoms with van der Waals surface area (Å²) in [6, 6.07) is 0.737. The number of hydrogen-bond donors (Lipinski definition) is 1. The highest BCUT2D eigenvalue weighted by atomic mass is 19.4. The Labute approximate surface area is 142 Å². The molecule has 25 heavy (non-hydrogen) atoms. The first-order chi connectivity index (χ1) is 11.4. The van der Waals surface area contributed by atoms with Crippen LogP contribution in [0.2, 0.25) is 0 Å². The zero-order valence-corrected chi connectivity index (χ0v) is 14.1. The van der Waals surface area contributed by atoms with Crippen molar-refractivity contribution >= 4 is 5.91 Å². The molecule has 1 unspecified atom stereocenters. The number of amides is 1. The van der Waals surface area contributed by atoms with Crippen LogP contribution in [0.15, 0.2) is 18.2 Å². The summed E-state index contributed by atoms with van der Waals surface area (Å²) in [6.07, 6.45) is -9.96. The third-order valence-corrected chi connectivity index (χ3v) is 3.84. The number of benzene rings is 1. The molecular formula is C16H20F6N2O. The monoisotopic (exact) mass is 370 g/mol. The molecule has 0 aliphatic rings. The van der Waals surface area contributed by atoms with Crippen LogP contribution in [0.5, 0.6) is 0 Å². The number of carbonyl (C=O) groups is 1. The number of hydrogen-bond acceptors (Lipinski definition) is 2. The van der Waals surface area contributed by atoms with Crippen molar-refractivity contribution in [1.82, 2.24) is 10.2 Å². The van der Waals surface area contributed by atoms with Gasteiger partial charge in [0.25, 0.3) is 5.91 Å². The van der Waals surface area contributed by atoms with E-state index < -0.39 is 35.0 Å². The summed E-state index contributed by atoms with van der Waals surface area (Å²) >= 11 is 0. The Kier molecular flexibility index (Phi) is 6.87. The smallest absolute Gasteiger partial charge is 0.350 e. The molecule has 1 aromatic rings. The van der Waals surface area contributed by atoms with Gasteiger partial charge in [-0.15, -0.1) is 0 Å². The molecule has 0 saturated heterocycles. The van der Waals surface area contributed by atoms with Gasteiger partial charge >= 0.3 is 12.4 Å². The topological polar surface area (TPSA) is 32.3 Å². The molecule has 1 N–H and O–H groups in total. The van der Waals surface area contributed by atoms with Crippen LogP contribution < -0.4 is 5.32 Å². The maximum Gasteiger partial charge on any atom is 0.416 e. The van der Waals surface area contributed by atoms with E-state index in [0.717, 1.165) is 0 Å². The second-order valence-corrected chi connectivity index (χ2v) is 5.57. The van der Waals surface area contributed by atoms with Gasteiger partial charge in [0.05, 0.1) is 11.1 Å². The Morgan fingerprint density at radius 3 is 1.80 bits per heavy atom. The van der Waals surface area contributed by atoms with Crippen molar-refractivity contribution in [2.24, 2.45) is 0 Å². The maximum absolute atomic E-state index is 12.8. The molecule has 1 amide bonds. The van der Waals surface area contributed by atoms with E-state index in [2.05, 4.69) is 5.32 Å². The first kappa shape index (κ1) is 21.3. The number of rotatable bonds is 6. The fourth-order valence-corrected chi connectivity index (χ4v) is 2.40. The lowest BCUT2D eigenvalue weighted by Gasteiger charge is -2.26. The highest BCUT2D eigenvalue weighted by molar-refractivity contribution is 5.94. The molecule has 0 heterocycles. The van der Waals surface area contributed by atoms with Crippen molar-refractivity contribution in [3.8, 4) is 0 Å². The van der Waals surface area contributed by atoms with E-state index in [1.807, 2.05) is 18.7 Å².